The first-order valence-corrected chi connectivity index (χ1v) is 7.86. The van der Waals surface area contributed by atoms with E-state index in [4.69, 9.17) is 19.2 Å². The minimum Gasteiger partial charge on any atom is -0.312 e. The van der Waals surface area contributed by atoms with Crippen LogP contribution in [0.25, 0.3) is 0 Å². The summed E-state index contributed by atoms with van der Waals surface area (Å²) in [5.74, 6) is 0. The van der Waals surface area contributed by atoms with Crippen molar-refractivity contribution < 1.29 is 19.2 Å². The van der Waals surface area contributed by atoms with E-state index in [1.54, 1.807) is 0 Å². The lowest BCUT2D eigenvalue weighted by Gasteiger charge is -1.90. The maximum absolute atomic E-state index is 8.88. The zero-order chi connectivity index (χ0) is 18.6. The largest absolute Gasteiger partial charge is 0.466 e. The number of allylic oxidation sites excluding steroid dienone is 2. The molecule has 0 aromatic heterocycles. The van der Waals surface area contributed by atoms with Gasteiger partial charge in [-0.05, 0) is 77.3 Å². The van der Waals surface area contributed by atoms with Crippen LogP contribution in [0.2, 0.25) is 0 Å². The molecule has 0 aromatic carbocycles. The average Bonchev–Trinajstić information content (AvgIpc) is 2.11. The topological polar surface area (TPSA) is 87.5 Å². The highest BCUT2D eigenvalue weighted by Gasteiger charge is 2.00. The van der Waals surface area contributed by atoms with Crippen molar-refractivity contribution in [2.24, 2.45) is 0 Å². The predicted molar refractivity (Wildman–Crippen MR) is 93.6 cm³/mol. The molecule has 7 nitrogen and oxygen atoms in total. The molecule has 0 aromatic rings. The molecule has 0 aliphatic carbocycles. The van der Waals surface area contributed by atoms with E-state index in [0.717, 1.165) is 0 Å². The fourth-order valence-electron chi connectivity index (χ4n) is 0. The predicted octanol–water partition coefficient (Wildman–Crippen LogP) is 1.19. The molecule has 0 saturated carbocycles. The molecule has 0 rings (SSSR count). The zero-order valence-electron chi connectivity index (χ0n) is 15.7. The lowest BCUT2D eigenvalue weighted by atomic mass is 10.6. The first-order chi connectivity index (χ1) is 9.11. The molecule has 0 atom stereocenters. The monoisotopic (exact) mass is 331 g/mol. The molecule has 0 aliphatic rings. The smallest absolute Gasteiger partial charge is 0.312 e. The Bertz CT molecular complexity index is 195. The highest BCUT2D eigenvalue weighted by atomic mass is 31.2. The second-order valence-electron chi connectivity index (χ2n) is 5.20. The Morgan fingerprint density at radius 3 is 0.667 bits per heavy atom. The van der Waals surface area contributed by atoms with Crippen LogP contribution in [0.5, 0.6) is 0 Å². The van der Waals surface area contributed by atoms with Gasteiger partial charge in [-0.15, -0.1) is 0 Å². The summed E-state index contributed by atoms with van der Waals surface area (Å²) in [6.45, 7) is 4.00. The van der Waals surface area contributed by atoms with Crippen LogP contribution >= 0.6 is 7.82 Å². The summed E-state index contributed by atoms with van der Waals surface area (Å²) in [7, 11) is 13.4. The number of phosphoric acid groups is 1. The molecule has 0 heterocycles. The van der Waals surface area contributed by atoms with Gasteiger partial charge in [-0.3, -0.25) is 0 Å². The highest BCUT2D eigenvalue weighted by Crippen LogP contribution is 2.25. The Kier molecular flexibility index (Phi) is 38.4. The number of nitrogens with zero attached hydrogens (tertiary/aromatic N) is 3. The second kappa shape index (κ2) is 24.7. The molecule has 21 heavy (non-hydrogen) atoms. The minimum absolute atomic E-state index is 2.00. The summed E-state index contributed by atoms with van der Waals surface area (Å²) in [5.41, 5.74) is 0. The SMILES string of the molecule is CC=CC.CN(C)C.CN(C)C.CN(C)C.O=P(O)(O)O. The fourth-order valence-corrected chi connectivity index (χ4v) is 0. The molecule has 0 amide bonds. The highest BCUT2D eigenvalue weighted by molar-refractivity contribution is 7.45. The van der Waals surface area contributed by atoms with Gasteiger partial charge in [-0.25, -0.2) is 4.57 Å². The van der Waals surface area contributed by atoms with Gasteiger partial charge >= 0.3 is 7.82 Å². The van der Waals surface area contributed by atoms with Gasteiger partial charge in [-0.1, -0.05) is 12.2 Å². The normalized spacial score (nSPS) is 9.76. The summed E-state index contributed by atoms with van der Waals surface area (Å²) < 4.78 is 8.88. The van der Waals surface area contributed by atoms with E-state index in [9.17, 15) is 0 Å². The van der Waals surface area contributed by atoms with Gasteiger partial charge in [0.05, 0.1) is 0 Å². The van der Waals surface area contributed by atoms with Crippen LogP contribution in [0.1, 0.15) is 13.8 Å². The van der Waals surface area contributed by atoms with Crippen LogP contribution in [-0.4, -0.2) is 92.8 Å². The van der Waals surface area contributed by atoms with Crippen LogP contribution < -0.4 is 0 Å². The minimum atomic E-state index is -4.64. The van der Waals surface area contributed by atoms with Gasteiger partial charge < -0.3 is 29.4 Å². The third kappa shape index (κ3) is 11600. The Balaban J connectivity index is -0.0000000510. The number of hydrogen-bond acceptors (Lipinski definition) is 4. The molecule has 0 fully saturated rings. The Labute approximate surface area is 132 Å². The fraction of sp³-hybridized carbons (Fsp3) is 0.846. The van der Waals surface area contributed by atoms with Gasteiger partial charge in [-0.2, -0.15) is 0 Å². The van der Waals surface area contributed by atoms with E-state index in [1.807, 2.05) is 104 Å². The van der Waals surface area contributed by atoms with Crippen molar-refractivity contribution in [2.75, 3.05) is 63.4 Å². The van der Waals surface area contributed by atoms with Crippen molar-refractivity contribution in [2.45, 2.75) is 13.8 Å². The van der Waals surface area contributed by atoms with Crippen molar-refractivity contribution in [3.8, 4) is 0 Å². The molecule has 134 valence electrons. The molecule has 3 N–H and O–H groups in total. The van der Waals surface area contributed by atoms with Crippen LogP contribution in [0.15, 0.2) is 12.2 Å². The van der Waals surface area contributed by atoms with Crippen molar-refractivity contribution in [3.05, 3.63) is 12.2 Å². The van der Waals surface area contributed by atoms with Crippen molar-refractivity contribution >= 4 is 7.82 Å². The Morgan fingerprint density at radius 2 is 0.667 bits per heavy atom. The Hall–Kier alpha value is -0.270. The van der Waals surface area contributed by atoms with E-state index >= 15 is 0 Å². The summed E-state index contributed by atoms with van der Waals surface area (Å²) in [6.07, 6.45) is 4.00. The average molecular weight is 331 g/mol. The van der Waals surface area contributed by atoms with Crippen LogP contribution in [0.3, 0.4) is 0 Å². The summed E-state index contributed by atoms with van der Waals surface area (Å²) >= 11 is 0. The quantitative estimate of drug-likeness (QED) is 0.454. The molecular weight excluding hydrogens is 293 g/mol. The number of hydrogen-bond donors (Lipinski definition) is 3. The van der Waals surface area contributed by atoms with E-state index in [-0.39, 0.29) is 0 Å². The molecule has 8 heteroatoms. The summed E-state index contributed by atoms with van der Waals surface area (Å²) in [4.78, 5) is 27.6. The van der Waals surface area contributed by atoms with Gasteiger partial charge in [0.15, 0.2) is 0 Å². The molecule has 0 unspecified atom stereocenters. The maximum Gasteiger partial charge on any atom is 0.466 e. The third-order valence-electron chi connectivity index (χ3n) is 0.333. The van der Waals surface area contributed by atoms with Gasteiger partial charge in [0, 0.05) is 0 Å². The molecular formula is C13H38N3O4P. The van der Waals surface area contributed by atoms with Crippen molar-refractivity contribution in [1.82, 2.24) is 14.7 Å². The first-order valence-electron chi connectivity index (χ1n) is 6.30. The van der Waals surface area contributed by atoms with Gasteiger partial charge in [0.25, 0.3) is 0 Å². The maximum atomic E-state index is 8.88. The molecule has 0 bridgehead atoms. The third-order valence-corrected chi connectivity index (χ3v) is 0.333. The van der Waals surface area contributed by atoms with Gasteiger partial charge in [0.2, 0.25) is 0 Å². The molecule has 0 saturated heterocycles. The lowest BCUT2D eigenvalue weighted by molar-refractivity contribution is 0.275. The second-order valence-corrected chi connectivity index (χ2v) is 6.23. The van der Waals surface area contributed by atoms with E-state index in [0.29, 0.717) is 0 Å². The zero-order valence-corrected chi connectivity index (χ0v) is 16.6. The lowest BCUT2D eigenvalue weighted by Crippen LogP contribution is -1.99. The summed E-state index contributed by atoms with van der Waals surface area (Å²) in [5, 5.41) is 0. The van der Waals surface area contributed by atoms with Crippen LogP contribution in [-0.2, 0) is 4.57 Å². The Morgan fingerprint density at radius 1 is 0.619 bits per heavy atom. The van der Waals surface area contributed by atoms with E-state index < -0.39 is 7.82 Å². The van der Waals surface area contributed by atoms with Crippen molar-refractivity contribution in [1.29, 1.82) is 0 Å². The molecule has 0 aliphatic heterocycles. The van der Waals surface area contributed by atoms with Crippen LogP contribution in [0.4, 0.5) is 0 Å². The van der Waals surface area contributed by atoms with Crippen LogP contribution in [0, 0.1) is 0 Å². The number of rotatable bonds is 0. The standard InChI is InChI=1S/C4H8.3C3H9N.H3O4P/c1-3-4-2;3*1-4(2)3;1-5(2,3)4/h3-4H,1-2H3;3*1-3H3;(H3,1,2,3,4). The van der Waals surface area contributed by atoms with E-state index in [1.165, 1.54) is 0 Å². The molecule has 0 radical (unpaired) electrons. The summed E-state index contributed by atoms with van der Waals surface area (Å²) in [6, 6.07) is 0. The van der Waals surface area contributed by atoms with E-state index in [2.05, 4.69) is 0 Å². The first kappa shape index (κ1) is 32.6. The van der Waals surface area contributed by atoms with Crippen molar-refractivity contribution in [3.63, 3.8) is 0 Å². The van der Waals surface area contributed by atoms with Gasteiger partial charge in [0.1, 0.15) is 0 Å². The molecule has 0 spiro atoms.